The highest BCUT2D eigenvalue weighted by Crippen LogP contribution is 2.31. The van der Waals surface area contributed by atoms with Gasteiger partial charge in [-0.1, -0.05) is 200 Å². The quantitative estimate of drug-likeness (QED) is 0.0261. The molecule has 8 atom stereocenters. The molecule has 2 heterocycles. The molecule has 0 aromatic heterocycles. The summed E-state index contributed by atoms with van der Waals surface area (Å²) in [6, 6.07) is 0. The van der Waals surface area contributed by atoms with E-state index in [1.807, 2.05) is 0 Å². The van der Waals surface area contributed by atoms with E-state index in [9.17, 15) is 30.0 Å². The third kappa shape index (κ3) is 33.3. The average Bonchev–Trinajstić information content (AvgIpc) is 3.93. The summed E-state index contributed by atoms with van der Waals surface area (Å²) in [6.45, 7) is 11.1. The van der Waals surface area contributed by atoms with E-state index < -0.39 is 36.6 Å². The summed E-state index contributed by atoms with van der Waals surface area (Å²) in [5, 5.41) is 43.5. The molecule has 0 aromatic rings. The summed E-state index contributed by atoms with van der Waals surface area (Å²) >= 11 is 0. The van der Waals surface area contributed by atoms with E-state index in [4.69, 9.17) is 18.9 Å². The normalized spacial score (nSPS) is 19.9. The molecule has 0 saturated carbocycles. The van der Waals surface area contributed by atoms with E-state index >= 15 is 0 Å². The predicted molar refractivity (Wildman–Crippen MR) is 286 cm³/mol. The first-order valence-electron chi connectivity index (χ1n) is 29.8. The van der Waals surface area contributed by atoms with Crippen LogP contribution in [0.4, 0.5) is 0 Å². The van der Waals surface area contributed by atoms with Gasteiger partial charge in [-0.05, 0) is 77.2 Å². The molecule has 0 bridgehead atoms. The SMILES string of the molecule is CCCCCCCCC(O)C/C=C(/CCCCCC(=O)O[C@@H]1COC2[C@@H](OC(=O)CCCCN(CC(O)CCCCCCCC)CC(O)CCCCCCCC)CO[C@@H]21)CC(O)CCCCCCCC. The van der Waals surface area contributed by atoms with Crippen LogP contribution in [-0.2, 0) is 28.5 Å². The van der Waals surface area contributed by atoms with E-state index in [0.29, 0.717) is 51.7 Å². The van der Waals surface area contributed by atoms with Gasteiger partial charge < -0.3 is 39.4 Å². The molecule has 412 valence electrons. The monoisotopic (exact) mass is 994 g/mol. The topological polar surface area (TPSA) is 155 Å². The van der Waals surface area contributed by atoms with Gasteiger partial charge in [-0.2, -0.15) is 0 Å². The van der Waals surface area contributed by atoms with Crippen LogP contribution in [0.3, 0.4) is 0 Å². The number of nitrogens with zero attached hydrogens (tertiary/aromatic N) is 1. The first-order chi connectivity index (χ1) is 34.1. The molecule has 70 heavy (non-hydrogen) atoms. The number of hydrogen-bond acceptors (Lipinski definition) is 11. The van der Waals surface area contributed by atoms with Gasteiger partial charge in [0.15, 0.2) is 12.2 Å². The molecule has 0 spiro atoms. The number of aliphatic hydroxyl groups excluding tert-OH is 4. The number of carbonyl (C=O) groups is 2. The maximum atomic E-state index is 13.0. The minimum absolute atomic E-state index is 0.204. The summed E-state index contributed by atoms with van der Waals surface area (Å²) in [5.74, 6) is -0.578. The number of hydrogen-bond donors (Lipinski definition) is 4. The highest BCUT2D eigenvalue weighted by molar-refractivity contribution is 5.70. The van der Waals surface area contributed by atoms with Crippen LogP contribution in [0.1, 0.15) is 272 Å². The van der Waals surface area contributed by atoms with Crippen molar-refractivity contribution >= 4 is 11.9 Å². The van der Waals surface area contributed by atoms with Crippen molar-refractivity contribution in [2.24, 2.45) is 0 Å². The highest BCUT2D eigenvalue weighted by atomic mass is 16.7. The molecule has 2 rings (SSSR count). The second kappa shape index (κ2) is 43.8. The van der Waals surface area contributed by atoms with Gasteiger partial charge in [0.05, 0.1) is 37.6 Å². The fraction of sp³-hybridized carbons (Fsp3) is 0.932. The second-order valence-corrected chi connectivity index (χ2v) is 21.6. The fourth-order valence-electron chi connectivity index (χ4n) is 10.3. The van der Waals surface area contributed by atoms with Gasteiger partial charge >= 0.3 is 11.9 Å². The molecular formula is C59H111NO10. The van der Waals surface area contributed by atoms with E-state index in [0.717, 1.165) is 96.3 Å². The lowest BCUT2D eigenvalue weighted by Gasteiger charge is -2.27. The third-order valence-electron chi connectivity index (χ3n) is 14.7. The Morgan fingerprint density at radius 1 is 0.471 bits per heavy atom. The molecule has 2 fully saturated rings. The summed E-state index contributed by atoms with van der Waals surface area (Å²) in [5.41, 5.74) is 1.22. The second-order valence-electron chi connectivity index (χ2n) is 21.6. The van der Waals surface area contributed by atoms with Crippen LogP contribution in [0.5, 0.6) is 0 Å². The van der Waals surface area contributed by atoms with Crippen molar-refractivity contribution in [3.63, 3.8) is 0 Å². The number of ether oxygens (including phenoxy) is 4. The lowest BCUT2D eigenvalue weighted by atomic mass is 9.95. The van der Waals surface area contributed by atoms with E-state index in [2.05, 4.69) is 38.7 Å². The van der Waals surface area contributed by atoms with Gasteiger partial charge in [0.2, 0.25) is 0 Å². The van der Waals surface area contributed by atoms with Gasteiger partial charge in [-0.25, -0.2) is 0 Å². The van der Waals surface area contributed by atoms with Crippen LogP contribution in [0, 0.1) is 0 Å². The summed E-state index contributed by atoms with van der Waals surface area (Å²) < 4.78 is 23.7. The number of aliphatic hydroxyl groups is 4. The van der Waals surface area contributed by atoms with Crippen LogP contribution in [0.2, 0.25) is 0 Å². The first-order valence-corrected chi connectivity index (χ1v) is 29.8. The molecule has 0 radical (unpaired) electrons. The van der Waals surface area contributed by atoms with Crippen LogP contribution in [0.15, 0.2) is 11.6 Å². The van der Waals surface area contributed by atoms with Crippen molar-refractivity contribution in [1.82, 2.24) is 4.90 Å². The van der Waals surface area contributed by atoms with Gasteiger partial charge in [0, 0.05) is 25.9 Å². The number of unbranched alkanes of at least 4 members (excludes halogenated alkanes) is 23. The Hall–Kier alpha value is -1.60. The largest absolute Gasteiger partial charge is 0.457 e. The molecule has 0 aliphatic carbocycles. The Bertz CT molecular complexity index is 1240. The molecule has 5 unspecified atom stereocenters. The minimum atomic E-state index is -0.546. The van der Waals surface area contributed by atoms with Gasteiger partial charge in [0.25, 0.3) is 0 Å². The van der Waals surface area contributed by atoms with E-state index in [-0.39, 0.29) is 43.8 Å². The van der Waals surface area contributed by atoms with Gasteiger partial charge in [-0.3, -0.25) is 14.5 Å². The lowest BCUT2D eigenvalue weighted by molar-refractivity contribution is -0.155. The predicted octanol–water partition coefficient (Wildman–Crippen LogP) is 13.2. The van der Waals surface area contributed by atoms with Crippen LogP contribution in [0.25, 0.3) is 0 Å². The van der Waals surface area contributed by atoms with Gasteiger partial charge in [-0.15, -0.1) is 0 Å². The zero-order valence-electron chi connectivity index (χ0n) is 45.8. The van der Waals surface area contributed by atoms with Crippen molar-refractivity contribution in [3.05, 3.63) is 11.6 Å². The summed E-state index contributed by atoms with van der Waals surface area (Å²) in [7, 11) is 0. The minimum Gasteiger partial charge on any atom is -0.457 e. The van der Waals surface area contributed by atoms with Crippen molar-refractivity contribution < 1.29 is 49.0 Å². The summed E-state index contributed by atoms with van der Waals surface area (Å²) in [4.78, 5) is 28.2. The van der Waals surface area contributed by atoms with Crippen LogP contribution in [-0.4, -0.2) is 119 Å². The lowest BCUT2D eigenvalue weighted by Crippen LogP contribution is -2.38. The molecule has 2 aliphatic rings. The number of carbonyl (C=O) groups excluding carboxylic acids is 2. The maximum Gasteiger partial charge on any atom is 0.306 e. The van der Waals surface area contributed by atoms with Crippen molar-refractivity contribution in [1.29, 1.82) is 0 Å². The average molecular weight is 995 g/mol. The molecule has 11 heteroatoms. The first kappa shape index (κ1) is 64.5. The number of fused-ring (bicyclic) bond motifs is 1. The van der Waals surface area contributed by atoms with Crippen LogP contribution >= 0.6 is 0 Å². The van der Waals surface area contributed by atoms with Gasteiger partial charge in [0.1, 0.15) is 12.2 Å². The standard InChI is InChI=1S/C59H111NO10/c1-5-9-13-17-21-27-35-50(61)42-41-49(44-51(62)36-28-22-18-14-10-6-2)34-26-25-31-39-56(65)69-54-47-67-59-55(48-68-58(54)59)70-57(66)40-32-33-43-60(45-52(63)37-29-23-19-15-11-7-3)46-53(64)38-30-24-20-16-12-8-4/h41,50-55,58-59,61-64H,5-40,42-48H2,1-4H3/b49-41-/t50?,51?,52?,53?,54-,55+,58-,59?/m1/s1. The zero-order valence-corrected chi connectivity index (χ0v) is 45.8. The maximum absolute atomic E-state index is 13.0. The van der Waals surface area contributed by atoms with Crippen LogP contribution < -0.4 is 0 Å². The number of esters is 2. The summed E-state index contributed by atoms with van der Waals surface area (Å²) in [6.07, 6.45) is 37.1. The van der Waals surface area contributed by atoms with E-state index in [1.165, 1.54) is 115 Å². The Morgan fingerprint density at radius 2 is 0.829 bits per heavy atom. The fourth-order valence-corrected chi connectivity index (χ4v) is 10.3. The molecule has 0 amide bonds. The Kier molecular flexibility index (Phi) is 40.3. The molecular weight excluding hydrogens is 883 g/mol. The molecule has 4 N–H and O–H groups in total. The van der Waals surface area contributed by atoms with Crippen molar-refractivity contribution in [2.75, 3.05) is 32.8 Å². The molecule has 11 nitrogen and oxygen atoms in total. The van der Waals surface area contributed by atoms with Crippen molar-refractivity contribution in [3.8, 4) is 0 Å². The van der Waals surface area contributed by atoms with Crippen molar-refractivity contribution in [2.45, 2.75) is 321 Å². The smallest absolute Gasteiger partial charge is 0.306 e. The Morgan fingerprint density at radius 3 is 1.27 bits per heavy atom. The zero-order chi connectivity index (χ0) is 50.9. The third-order valence-corrected chi connectivity index (χ3v) is 14.7. The Balaban J connectivity index is 1.74. The molecule has 2 aliphatic heterocycles. The Labute approximate surface area is 429 Å². The highest BCUT2D eigenvalue weighted by Gasteiger charge is 2.51. The van der Waals surface area contributed by atoms with E-state index in [1.54, 1.807) is 0 Å². The molecule has 2 saturated heterocycles. The molecule has 0 aromatic carbocycles. The number of rotatable bonds is 49.